The van der Waals surface area contributed by atoms with Crippen molar-refractivity contribution in [2.45, 2.75) is 12.8 Å². The molecule has 1 saturated heterocycles. The van der Waals surface area contributed by atoms with Crippen LogP contribution in [0.2, 0.25) is 10.0 Å². The molecule has 0 unspecified atom stereocenters. The molecular weight excluding hydrogens is 413 g/mol. The summed E-state index contributed by atoms with van der Waals surface area (Å²) in [6, 6.07) is 12.2. The number of piperidine rings is 1. The van der Waals surface area contributed by atoms with Gasteiger partial charge in [-0.1, -0.05) is 35.3 Å². The lowest BCUT2D eigenvalue weighted by molar-refractivity contribution is -0.126. The van der Waals surface area contributed by atoms with Gasteiger partial charge in [0, 0.05) is 24.0 Å². The first-order valence-corrected chi connectivity index (χ1v) is 9.95. The lowest BCUT2D eigenvalue weighted by Crippen LogP contribution is -2.42. The van der Waals surface area contributed by atoms with Gasteiger partial charge in [-0.25, -0.2) is 5.43 Å². The molecule has 3 rings (SSSR count). The third kappa shape index (κ3) is 5.49. The molecule has 8 heteroatoms. The molecule has 0 saturated carbocycles. The Morgan fingerprint density at radius 1 is 1.17 bits per heavy atom. The van der Waals surface area contributed by atoms with Gasteiger partial charge >= 0.3 is 0 Å². The van der Waals surface area contributed by atoms with Crippen LogP contribution in [0.5, 0.6) is 5.75 Å². The van der Waals surface area contributed by atoms with Crippen LogP contribution in [-0.4, -0.2) is 43.1 Å². The second kappa shape index (κ2) is 9.76. The quantitative estimate of drug-likeness (QED) is 0.571. The van der Waals surface area contributed by atoms with Crippen molar-refractivity contribution in [2.75, 3.05) is 20.2 Å². The lowest BCUT2D eigenvalue weighted by atomic mass is 9.95. The minimum absolute atomic E-state index is 0.151. The number of likely N-dealkylation sites (tertiary alicyclic amines) is 1. The standard InChI is InChI=1S/C21H21Cl2N3O3/c1-29-17-4-2-3-14(11-17)13-24-25-20(27)15-7-9-26(10-8-15)21(28)18-6-5-16(22)12-19(18)23/h2-6,11-13,15H,7-10H2,1H3,(H,25,27)/b24-13-. The summed E-state index contributed by atoms with van der Waals surface area (Å²) < 4.78 is 5.16. The van der Waals surface area contributed by atoms with Gasteiger partial charge in [-0.15, -0.1) is 0 Å². The van der Waals surface area contributed by atoms with Gasteiger partial charge in [-0.3, -0.25) is 9.59 Å². The van der Waals surface area contributed by atoms with Gasteiger partial charge in [-0.2, -0.15) is 5.10 Å². The largest absolute Gasteiger partial charge is 0.497 e. The zero-order valence-electron chi connectivity index (χ0n) is 15.9. The van der Waals surface area contributed by atoms with E-state index < -0.39 is 0 Å². The molecule has 1 N–H and O–H groups in total. The normalized spacial score (nSPS) is 14.8. The molecule has 2 aromatic rings. The molecule has 0 aliphatic carbocycles. The first kappa shape index (κ1) is 21.1. The van der Waals surface area contributed by atoms with Crippen molar-refractivity contribution in [2.24, 2.45) is 11.0 Å². The summed E-state index contributed by atoms with van der Waals surface area (Å²) in [5.41, 5.74) is 3.82. The molecule has 6 nitrogen and oxygen atoms in total. The number of hydrazone groups is 1. The van der Waals surface area contributed by atoms with Crippen LogP contribution < -0.4 is 10.2 Å². The van der Waals surface area contributed by atoms with Gasteiger partial charge in [0.15, 0.2) is 0 Å². The molecule has 29 heavy (non-hydrogen) atoms. The van der Waals surface area contributed by atoms with E-state index in [-0.39, 0.29) is 17.7 Å². The predicted molar refractivity (Wildman–Crippen MR) is 114 cm³/mol. The van der Waals surface area contributed by atoms with E-state index in [1.807, 2.05) is 24.3 Å². The molecule has 1 aliphatic rings. The number of halogens is 2. The Morgan fingerprint density at radius 3 is 2.62 bits per heavy atom. The predicted octanol–water partition coefficient (Wildman–Crippen LogP) is 4.00. The monoisotopic (exact) mass is 433 g/mol. The number of hydrogen-bond donors (Lipinski definition) is 1. The fourth-order valence-corrected chi connectivity index (χ4v) is 3.65. The van der Waals surface area contributed by atoms with Crippen LogP contribution in [0.3, 0.4) is 0 Å². The van der Waals surface area contributed by atoms with E-state index >= 15 is 0 Å². The summed E-state index contributed by atoms with van der Waals surface area (Å²) in [6.45, 7) is 0.963. The summed E-state index contributed by atoms with van der Waals surface area (Å²) in [5.74, 6) is 0.225. The highest BCUT2D eigenvalue weighted by atomic mass is 35.5. The van der Waals surface area contributed by atoms with E-state index in [1.54, 1.807) is 36.4 Å². The van der Waals surface area contributed by atoms with E-state index in [0.717, 1.165) is 11.3 Å². The average Bonchev–Trinajstić information content (AvgIpc) is 2.73. The number of carbonyl (C=O) groups is 2. The second-order valence-electron chi connectivity index (χ2n) is 6.70. The summed E-state index contributed by atoms with van der Waals surface area (Å²) >= 11 is 12.0. The highest BCUT2D eigenvalue weighted by molar-refractivity contribution is 6.36. The number of nitrogens with one attached hydrogen (secondary N) is 1. The van der Waals surface area contributed by atoms with Crippen LogP contribution in [-0.2, 0) is 4.79 Å². The first-order chi connectivity index (χ1) is 14.0. The zero-order valence-corrected chi connectivity index (χ0v) is 17.4. The number of nitrogens with zero attached hydrogens (tertiary/aromatic N) is 2. The summed E-state index contributed by atoms with van der Waals surface area (Å²) in [6.07, 6.45) is 2.70. The Kier molecular flexibility index (Phi) is 7.12. The van der Waals surface area contributed by atoms with Gasteiger partial charge in [0.2, 0.25) is 5.91 Å². The Bertz CT molecular complexity index is 925. The molecule has 2 amide bonds. The Labute approximate surface area is 179 Å². The fourth-order valence-electron chi connectivity index (χ4n) is 3.16. The van der Waals surface area contributed by atoms with Crippen molar-refractivity contribution in [3.63, 3.8) is 0 Å². The highest BCUT2D eigenvalue weighted by Gasteiger charge is 2.28. The summed E-state index contributed by atoms with van der Waals surface area (Å²) in [5, 5.41) is 4.83. The SMILES string of the molecule is COc1cccc(/C=N\NC(=O)C2CCN(C(=O)c3ccc(Cl)cc3Cl)CC2)c1. The van der Waals surface area contributed by atoms with E-state index in [9.17, 15) is 9.59 Å². The number of methoxy groups -OCH3 is 1. The number of carbonyl (C=O) groups excluding carboxylic acids is 2. The number of amides is 2. The minimum atomic E-state index is -0.192. The Hall–Kier alpha value is -2.57. The fraction of sp³-hybridized carbons (Fsp3) is 0.286. The average molecular weight is 434 g/mol. The van der Waals surface area contributed by atoms with Crippen LogP contribution >= 0.6 is 23.2 Å². The van der Waals surface area contributed by atoms with Crippen LogP contribution in [0.25, 0.3) is 0 Å². The highest BCUT2D eigenvalue weighted by Crippen LogP contribution is 2.25. The van der Waals surface area contributed by atoms with Crippen LogP contribution in [0.4, 0.5) is 0 Å². The van der Waals surface area contributed by atoms with Gasteiger partial charge in [-0.05, 0) is 48.7 Å². The molecule has 1 aliphatic heterocycles. The molecule has 0 atom stereocenters. The number of rotatable bonds is 5. The van der Waals surface area contributed by atoms with Crippen molar-refractivity contribution in [1.29, 1.82) is 0 Å². The van der Waals surface area contributed by atoms with E-state index in [1.165, 1.54) is 0 Å². The number of benzene rings is 2. The third-order valence-electron chi connectivity index (χ3n) is 4.80. The third-order valence-corrected chi connectivity index (χ3v) is 5.34. The van der Waals surface area contributed by atoms with E-state index in [4.69, 9.17) is 27.9 Å². The minimum Gasteiger partial charge on any atom is -0.497 e. The maximum absolute atomic E-state index is 12.7. The lowest BCUT2D eigenvalue weighted by Gasteiger charge is -2.31. The van der Waals surface area contributed by atoms with Crippen molar-refractivity contribution < 1.29 is 14.3 Å². The Morgan fingerprint density at radius 2 is 1.93 bits per heavy atom. The molecule has 152 valence electrons. The molecule has 1 fully saturated rings. The molecule has 2 aromatic carbocycles. The van der Waals surface area contributed by atoms with Gasteiger partial charge in [0.25, 0.3) is 5.91 Å². The van der Waals surface area contributed by atoms with Crippen molar-refractivity contribution in [1.82, 2.24) is 10.3 Å². The molecular formula is C21H21Cl2N3O3. The number of hydrogen-bond acceptors (Lipinski definition) is 4. The van der Waals surface area contributed by atoms with E-state index in [0.29, 0.717) is 41.5 Å². The van der Waals surface area contributed by atoms with Gasteiger partial charge in [0.1, 0.15) is 5.75 Å². The van der Waals surface area contributed by atoms with Gasteiger partial charge in [0.05, 0.1) is 23.9 Å². The van der Waals surface area contributed by atoms with Crippen LogP contribution in [0.15, 0.2) is 47.6 Å². The topological polar surface area (TPSA) is 71.0 Å². The van der Waals surface area contributed by atoms with E-state index in [2.05, 4.69) is 10.5 Å². The van der Waals surface area contributed by atoms with Crippen molar-refractivity contribution in [3.05, 3.63) is 63.6 Å². The molecule has 0 bridgehead atoms. The van der Waals surface area contributed by atoms with Crippen LogP contribution in [0.1, 0.15) is 28.8 Å². The molecule has 0 aromatic heterocycles. The smallest absolute Gasteiger partial charge is 0.255 e. The van der Waals surface area contributed by atoms with Crippen molar-refractivity contribution in [3.8, 4) is 5.75 Å². The summed E-state index contributed by atoms with van der Waals surface area (Å²) in [4.78, 5) is 26.7. The molecule has 0 radical (unpaired) electrons. The maximum Gasteiger partial charge on any atom is 0.255 e. The summed E-state index contributed by atoms with van der Waals surface area (Å²) in [7, 11) is 1.59. The Balaban J connectivity index is 1.51. The molecule has 0 spiro atoms. The molecule has 1 heterocycles. The number of ether oxygens (including phenoxy) is 1. The second-order valence-corrected chi connectivity index (χ2v) is 7.55. The zero-order chi connectivity index (χ0) is 20.8. The van der Waals surface area contributed by atoms with Gasteiger partial charge < -0.3 is 9.64 Å². The van der Waals surface area contributed by atoms with Crippen LogP contribution in [0, 0.1) is 5.92 Å². The van der Waals surface area contributed by atoms with Crippen molar-refractivity contribution >= 4 is 41.2 Å². The first-order valence-electron chi connectivity index (χ1n) is 9.19. The maximum atomic E-state index is 12.7.